The molecule has 8 N–H and O–H groups in total. The zero-order chi connectivity index (χ0) is 20.7. The summed E-state index contributed by atoms with van der Waals surface area (Å²) in [5.74, 6) is -2.87. The molecule has 0 aromatic heterocycles. The smallest absolute Gasteiger partial charge is 0.320 e. The lowest BCUT2D eigenvalue weighted by Crippen LogP contribution is -2.47. The predicted octanol–water partition coefficient (Wildman–Crippen LogP) is -0.446. The highest BCUT2D eigenvalue weighted by atomic mass is 16.4. The number of hydrogen-bond donors (Lipinski definition) is 6. The number of unbranched alkanes of at least 4 members (excludes halogenated alkanes) is 3. The van der Waals surface area contributed by atoms with Crippen LogP contribution in [0.3, 0.4) is 0 Å². The van der Waals surface area contributed by atoms with Crippen LogP contribution in [-0.2, 0) is 19.2 Å². The van der Waals surface area contributed by atoms with E-state index in [-0.39, 0.29) is 25.2 Å². The van der Waals surface area contributed by atoms with Gasteiger partial charge < -0.3 is 32.3 Å². The van der Waals surface area contributed by atoms with E-state index in [1.54, 1.807) is 0 Å². The molecule has 0 saturated carbocycles. The second-order valence-corrected chi connectivity index (χ2v) is 6.38. The molecule has 0 aliphatic rings. The summed E-state index contributed by atoms with van der Waals surface area (Å²) in [5, 5.41) is 22.7. The first-order valence-electron chi connectivity index (χ1n) is 9.25. The molecular weight excluding hydrogens is 356 g/mol. The molecule has 0 fully saturated rings. The van der Waals surface area contributed by atoms with Crippen LogP contribution in [0.5, 0.6) is 0 Å². The summed E-state index contributed by atoms with van der Waals surface area (Å²) < 4.78 is 0. The number of nitrogens with two attached hydrogens (primary N) is 2. The maximum Gasteiger partial charge on any atom is 0.320 e. The van der Waals surface area contributed by atoms with E-state index in [0.29, 0.717) is 38.8 Å². The number of rotatable bonds is 16. The first-order chi connectivity index (χ1) is 12.8. The first kappa shape index (κ1) is 24.8. The van der Waals surface area contributed by atoms with Gasteiger partial charge >= 0.3 is 11.9 Å². The van der Waals surface area contributed by atoms with Gasteiger partial charge in [-0.15, -0.1) is 0 Å². The lowest BCUT2D eigenvalue weighted by atomic mass is 10.1. The number of hydrogen-bond acceptors (Lipinski definition) is 6. The van der Waals surface area contributed by atoms with Crippen LogP contribution >= 0.6 is 0 Å². The largest absolute Gasteiger partial charge is 0.481 e. The van der Waals surface area contributed by atoms with Gasteiger partial charge in [-0.2, -0.15) is 0 Å². The van der Waals surface area contributed by atoms with E-state index in [2.05, 4.69) is 10.6 Å². The maximum atomic E-state index is 12.2. The summed E-state index contributed by atoms with van der Waals surface area (Å²) in [6.07, 6.45) is 3.67. The molecule has 2 amide bonds. The van der Waals surface area contributed by atoms with Crippen molar-refractivity contribution in [1.82, 2.24) is 10.6 Å². The van der Waals surface area contributed by atoms with Crippen molar-refractivity contribution in [3.63, 3.8) is 0 Å². The van der Waals surface area contributed by atoms with E-state index in [1.807, 2.05) is 0 Å². The van der Waals surface area contributed by atoms with Gasteiger partial charge in [-0.05, 0) is 45.1 Å². The molecule has 0 rings (SSSR count). The van der Waals surface area contributed by atoms with Crippen LogP contribution in [0.25, 0.3) is 0 Å². The van der Waals surface area contributed by atoms with Gasteiger partial charge in [0.2, 0.25) is 11.8 Å². The van der Waals surface area contributed by atoms with Gasteiger partial charge in [0.15, 0.2) is 0 Å². The summed E-state index contributed by atoms with van der Waals surface area (Å²) in [7, 11) is 0. The van der Waals surface area contributed by atoms with E-state index in [4.69, 9.17) is 21.7 Å². The predicted molar refractivity (Wildman–Crippen MR) is 98.8 cm³/mol. The molecule has 0 spiro atoms. The fourth-order valence-electron chi connectivity index (χ4n) is 2.36. The number of carbonyl (C=O) groups excluding carboxylic acids is 2. The molecule has 0 aliphatic carbocycles. The third-order valence-corrected chi connectivity index (χ3v) is 3.96. The minimum absolute atomic E-state index is 0.000402. The lowest BCUT2D eigenvalue weighted by Gasteiger charge is -2.18. The van der Waals surface area contributed by atoms with E-state index < -0.39 is 29.9 Å². The standard InChI is InChI=1S/C17H32N4O6/c18-10-4-1-2-7-14(22)21-13(8-9-15(23)24)16(25)20-11-5-3-6-12(19)17(26)27/h12-13H,1-11,18-19H2,(H,20,25)(H,21,22)(H,23,24)(H,26,27). The van der Waals surface area contributed by atoms with Gasteiger partial charge in [-0.3, -0.25) is 19.2 Å². The Labute approximate surface area is 159 Å². The van der Waals surface area contributed by atoms with Gasteiger partial charge in [0.1, 0.15) is 12.1 Å². The van der Waals surface area contributed by atoms with E-state index >= 15 is 0 Å². The molecule has 156 valence electrons. The molecule has 27 heavy (non-hydrogen) atoms. The molecule has 0 radical (unpaired) electrons. The Hall–Kier alpha value is -2.20. The third kappa shape index (κ3) is 13.6. The van der Waals surface area contributed by atoms with Gasteiger partial charge in [-0.1, -0.05) is 6.42 Å². The Kier molecular flexibility index (Phi) is 13.7. The monoisotopic (exact) mass is 388 g/mol. The maximum absolute atomic E-state index is 12.2. The Balaban J connectivity index is 4.30. The Morgan fingerprint density at radius 2 is 1.59 bits per heavy atom. The van der Waals surface area contributed by atoms with Crippen LogP contribution in [0.15, 0.2) is 0 Å². The van der Waals surface area contributed by atoms with Gasteiger partial charge in [0.25, 0.3) is 0 Å². The molecule has 0 aliphatic heterocycles. The third-order valence-electron chi connectivity index (χ3n) is 3.96. The van der Waals surface area contributed by atoms with Crippen molar-refractivity contribution in [2.24, 2.45) is 11.5 Å². The van der Waals surface area contributed by atoms with Crippen molar-refractivity contribution in [1.29, 1.82) is 0 Å². The molecule has 0 aromatic carbocycles. The van der Waals surface area contributed by atoms with Crippen molar-refractivity contribution < 1.29 is 29.4 Å². The van der Waals surface area contributed by atoms with Crippen LogP contribution in [0.1, 0.15) is 57.8 Å². The van der Waals surface area contributed by atoms with Crippen molar-refractivity contribution in [2.45, 2.75) is 69.9 Å². The van der Waals surface area contributed by atoms with Crippen LogP contribution < -0.4 is 22.1 Å². The number of amides is 2. The molecule has 2 atom stereocenters. The lowest BCUT2D eigenvalue weighted by molar-refractivity contribution is -0.139. The normalized spacial score (nSPS) is 12.8. The van der Waals surface area contributed by atoms with Crippen LogP contribution in [-0.4, -0.2) is 59.1 Å². The number of nitrogens with one attached hydrogen (secondary N) is 2. The number of aliphatic carboxylic acids is 2. The molecule has 0 aromatic rings. The summed E-state index contributed by atoms with van der Waals surface area (Å²) in [4.78, 5) is 45.5. The number of carboxylic acids is 2. The van der Waals surface area contributed by atoms with Crippen molar-refractivity contribution in [2.75, 3.05) is 13.1 Å². The highest BCUT2D eigenvalue weighted by Crippen LogP contribution is 2.03. The second-order valence-electron chi connectivity index (χ2n) is 6.38. The highest BCUT2D eigenvalue weighted by molar-refractivity contribution is 5.88. The van der Waals surface area contributed by atoms with Crippen LogP contribution in [0, 0.1) is 0 Å². The number of carbonyl (C=O) groups is 4. The topological polar surface area (TPSA) is 185 Å². The molecule has 10 heteroatoms. The number of carboxylic acid groups (broad SMARTS) is 2. The first-order valence-corrected chi connectivity index (χ1v) is 9.25. The van der Waals surface area contributed by atoms with E-state index in [1.165, 1.54) is 0 Å². The fourth-order valence-corrected chi connectivity index (χ4v) is 2.36. The average Bonchev–Trinajstić information content (AvgIpc) is 2.61. The summed E-state index contributed by atoms with van der Waals surface area (Å²) in [6.45, 7) is 0.851. The molecule has 0 heterocycles. The highest BCUT2D eigenvalue weighted by Gasteiger charge is 2.21. The van der Waals surface area contributed by atoms with Gasteiger partial charge in [0.05, 0.1) is 0 Å². The van der Waals surface area contributed by atoms with Crippen LogP contribution in [0.4, 0.5) is 0 Å². The Bertz CT molecular complexity index is 486. The quantitative estimate of drug-likeness (QED) is 0.192. The molecule has 2 unspecified atom stereocenters. The summed E-state index contributed by atoms with van der Waals surface area (Å²) in [5.41, 5.74) is 10.8. The molecule has 0 bridgehead atoms. The Morgan fingerprint density at radius 1 is 0.889 bits per heavy atom. The zero-order valence-corrected chi connectivity index (χ0v) is 15.6. The zero-order valence-electron chi connectivity index (χ0n) is 15.6. The summed E-state index contributed by atoms with van der Waals surface area (Å²) >= 11 is 0. The van der Waals surface area contributed by atoms with E-state index in [9.17, 15) is 19.2 Å². The summed E-state index contributed by atoms with van der Waals surface area (Å²) in [6, 6.07) is -1.84. The fraction of sp³-hybridized carbons (Fsp3) is 0.765. The SMILES string of the molecule is NCCCCCC(=O)NC(CCC(=O)O)C(=O)NCCCCC(N)C(=O)O. The Morgan fingerprint density at radius 3 is 2.19 bits per heavy atom. The average molecular weight is 388 g/mol. The molecule has 0 saturated heterocycles. The van der Waals surface area contributed by atoms with Crippen molar-refractivity contribution >= 4 is 23.8 Å². The van der Waals surface area contributed by atoms with Crippen molar-refractivity contribution in [3.05, 3.63) is 0 Å². The van der Waals surface area contributed by atoms with Gasteiger partial charge in [0, 0.05) is 19.4 Å². The minimum atomic E-state index is -1.07. The molecular formula is C17H32N4O6. The molecule has 10 nitrogen and oxygen atoms in total. The second kappa shape index (κ2) is 14.9. The van der Waals surface area contributed by atoms with Gasteiger partial charge in [-0.25, -0.2) is 0 Å². The van der Waals surface area contributed by atoms with Crippen molar-refractivity contribution in [3.8, 4) is 0 Å². The minimum Gasteiger partial charge on any atom is -0.481 e. The van der Waals surface area contributed by atoms with E-state index in [0.717, 1.165) is 12.8 Å². The van der Waals surface area contributed by atoms with Crippen LogP contribution in [0.2, 0.25) is 0 Å².